The molecule has 0 spiro atoms. The second-order valence-corrected chi connectivity index (χ2v) is 7.26. The SMILES string of the molecule is CN(C)CC(C)(C)CNC(=O)c1cnc(COc2ccccc2)[nH]c1=O. The minimum absolute atomic E-state index is 0.00545. The van der Waals surface area contributed by atoms with Crippen LogP contribution in [0.25, 0.3) is 0 Å². The lowest BCUT2D eigenvalue weighted by molar-refractivity contribution is 0.0927. The van der Waals surface area contributed by atoms with E-state index in [1.807, 2.05) is 44.4 Å². The average molecular weight is 358 g/mol. The molecule has 1 heterocycles. The predicted octanol–water partition coefficient (Wildman–Crippen LogP) is 1.67. The summed E-state index contributed by atoms with van der Waals surface area (Å²) in [5.74, 6) is 0.615. The van der Waals surface area contributed by atoms with Crippen LogP contribution in [0.5, 0.6) is 5.75 Å². The van der Waals surface area contributed by atoms with Gasteiger partial charge in [0.05, 0.1) is 0 Å². The molecule has 1 aromatic carbocycles. The highest BCUT2D eigenvalue weighted by molar-refractivity contribution is 5.93. The number of hydrogen-bond donors (Lipinski definition) is 2. The molecular weight excluding hydrogens is 332 g/mol. The summed E-state index contributed by atoms with van der Waals surface area (Å²) in [6, 6.07) is 9.23. The zero-order chi connectivity index (χ0) is 19.2. The molecule has 0 saturated carbocycles. The van der Waals surface area contributed by atoms with Crippen LogP contribution in [0.1, 0.15) is 30.0 Å². The fourth-order valence-corrected chi connectivity index (χ4v) is 2.66. The zero-order valence-corrected chi connectivity index (χ0v) is 15.7. The third-order valence-corrected chi connectivity index (χ3v) is 3.69. The Labute approximate surface area is 153 Å². The molecule has 140 valence electrons. The van der Waals surface area contributed by atoms with Crippen molar-refractivity contribution in [2.75, 3.05) is 27.2 Å². The molecule has 7 heteroatoms. The van der Waals surface area contributed by atoms with Crippen molar-refractivity contribution < 1.29 is 9.53 Å². The van der Waals surface area contributed by atoms with Crippen molar-refractivity contribution in [1.82, 2.24) is 20.2 Å². The van der Waals surface area contributed by atoms with E-state index in [2.05, 4.69) is 34.0 Å². The molecule has 1 aromatic heterocycles. The Morgan fingerprint density at radius 2 is 1.96 bits per heavy atom. The summed E-state index contributed by atoms with van der Waals surface area (Å²) in [6.45, 7) is 5.51. The van der Waals surface area contributed by atoms with Crippen LogP contribution in [0.2, 0.25) is 0 Å². The van der Waals surface area contributed by atoms with Gasteiger partial charge in [0.15, 0.2) is 0 Å². The summed E-state index contributed by atoms with van der Waals surface area (Å²) in [5, 5.41) is 2.81. The Bertz CT molecular complexity index is 785. The van der Waals surface area contributed by atoms with Gasteiger partial charge in [-0.1, -0.05) is 32.0 Å². The van der Waals surface area contributed by atoms with Crippen molar-refractivity contribution in [3.05, 3.63) is 58.3 Å². The van der Waals surface area contributed by atoms with Crippen molar-refractivity contribution >= 4 is 5.91 Å². The molecule has 2 rings (SSSR count). The highest BCUT2D eigenvalue weighted by Crippen LogP contribution is 2.14. The number of benzene rings is 1. The summed E-state index contributed by atoms with van der Waals surface area (Å²) in [4.78, 5) is 33.2. The van der Waals surface area contributed by atoms with Gasteiger partial charge in [0, 0.05) is 19.3 Å². The lowest BCUT2D eigenvalue weighted by Crippen LogP contribution is -2.41. The van der Waals surface area contributed by atoms with Crippen molar-refractivity contribution in [2.45, 2.75) is 20.5 Å². The number of hydrogen-bond acceptors (Lipinski definition) is 5. The number of carbonyl (C=O) groups excluding carboxylic acids is 1. The fraction of sp³-hybridized carbons (Fsp3) is 0.421. The number of aromatic nitrogens is 2. The fourth-order valence-electron chi connectivity index (χ4n) is 2.66. The Hall–Kier alpha value is -2.67. The number of ether oxygens (including phenoxy) is 1. The molecule has 0 aliphatic rings. The van der Waals surface area contributed by atoms with Crippen LogP contribution >= 0.6 is 0 Å². The van der Waals surface area contributed by atoms with Crippen LogP contribution in [-0.2, 0) is 6.61 Å². The van der Waals surface area contributed by atoms with Crippen LogP contribution in [0.15, 0.2) is 41.3 Å². The van der Waals surface area contributed by atoms with Gasteiger partial charge in [-0.15, -0.1) is 0 Å². The van der Waals surface area contributed by atoms with Gasteiger partial charge in [0.1, 0.15) is 23.7 Å². The lowest BCUT2D eigenvalue weighted by atomic mass is 9.93. The predicted molar refractivity (Wildman–Crippen MR) is 100 cm³/mol. The van der Waals surface area contributed by atoms with Gasteiger partial charge in [0.2, 0.25) is 0 Å². The number of carbonyl (C=O) groups is 1. The van der Waals surface area contributed by atoms with Crippen LogP contribution in [0, 0.1) is 5.41 Å². The van der Waals surface area contributed by atoms with Gasteiger partial charge in [-0.05, 0) is 31.6 Å². The van der Waals surface area contributed by atoms with E-state index in [0.29, 0.717) is 18.1 Å². The summed E-state index contributed by atoms with van der Waals surface area (Å²) < 4.78 is 5.54. The second kappa shape index (κ2) is 8.62. The molecule has 0 aliphatic carbocycles. The number of amides is 1. The minimum Gasteiger partial charge on any atom is -0.486 e. The van der Waals surface area contributed by atoms with E-state index in [1.54, 1.807) is 0 Å². The standard InChI is InChI=1S/C19H26N4O3/c1-19(2,13-23(3)4)12-21-17(24)15-10-20-16(22-18(15)25)11-26-14-8-6-5-7-9-14/h5-10H,11-13H2,1-4H3,(H,21,24)(H,20,22,25). The van der Waals surface area contributed by atoms with E-state index in [0.717, 1.165) is 6.54 Å². The molecule has 1 amide bonds. The highest BCUT2D eigenvalue weighted by Gasteiger charge is 2.21. The molecule has 0 unspecified atom stereocenters. The first kappa shape index (κ1) is 19.7. The number of nitrogens with zero attached hydrogens (tertiary/aromatic N) is 2. The van der Waals surface area contributed by atoms with Gasteiger partial charge in [-0.25, -0.2) is 4.98 Å². The second-order valence-electron chi connectivity index (χ2n) is 7.26. The monoisotopic (exact) mass is 358 g/mol. The summed E-state index contributed by atoms with van der Waals surface area (Å²) in [5.41, 5.74) is -0.591. The molecule has 26 heavy (non-hydrogen) atoms. The third-order valence-electron chi connectivity index (χ3n) is 3.69. The quantitative estimate of drug-likeness (QED) is 0.749. The van der Waals surface area contributed by atoms with E-state index in [9.17, 15) is 9.59 Å². The minimum atomic E-state index is -0.477. The molecule has 0 radical (unpaired) electrons. The normalized spacial score (nSPS) is 11.4. The Kier molecular flexibility index (Phi) is 6.52. The lowest BCUT2D eigenvalue weighted by Gasteiger charge is -2.28. The molecule has 2 N–H and O–H groups in total. The maximum absolute atomic E-state index is 12.3. The van der Waals surface area contributed by atoms with E-state index < -0.39 is 11.5 Å². The number of H-pyrrole nitrogens is 1. The Morgan fingerprint density at radius 3 is 2.58 bits per heavy atom. The maximum Gasteiger partial charge on any atom is 0.263 e. The van der Waals surface area contributed by atoms with Crippen molar-refractivity contribution in [3.8, 4) is 5.75 Å². The molecule has 0 bridgehead atoms. The largest absolute Gasteiger partial charge is 0.486 e. The first-order valence-corrected chi connectivity index (χ1v) is 8.46. The summed E-state index contributed by atoms with van der Waals surface area (Å²) in [7, 11) is 3.96. The number of nitrogens with one attached hydrogen (secondary N) is 2. The zero-order valence-electron chi connectivity index (χ0n) is 15.7. The van der Waals surface area contributed by atoms with Crippen molar-refractivity contribution in [2.24, 2.45) is 5.41 Å². The first-order chi connectivity index (χ1) is 12.3. The van der Waals surface area contributed by atoms with Crippen LogP contribution < -0.4 is 15.6 Å². The van der Waals surface area contributed by atoms with Crippen molar-refractivity contribution in [1.29, 1.82) is 0 Å². The first-order valence-electron chi connectivity index (χ1n) is 8.46. The van der Waals surface area contributed by atoms with E-state index in [-0.39, 0.29) is 17.6 Å². The Balaban J connectivity index is 1.96. The van der Waals surface area contributed by atoms with Crippen molar-refractivity contribution in [3.63, 3.8) is 0 Å². The number of aromatic amines is 1. The molecule has 2 aromatic rings. The van der Waals surface area contributed by atoms with Crippen LogP contribution in [0.4, 0.5) is 0 Å². The third kappa shape index (κ3) is 6.00. The van der Waals surface area contributed by atoms with Gasteiger partial charge < -0.3 is 19.9 Å². The molecular formula is C19H26N4O3. The average Bonchev–Trinajstić information content (AvgIpc) is 2.58. The molecule has 0 atom stereocenters. The number of rotatable bonds is 8. The number of para-hydroxylation sites is 1. The summed E-state index contributed by atoms with van der Waals surface area (Å²) >= 11 is 0. The maximum atomic E-state index is 12.3. The van der Waals surface area contributed by atoms with Gasteiger partial charge in [0.25, 0.3) is 11.5 Å². The topological polar surface area (TPSA) is 87.3 Å². The van der Waals surface area contributed by atoms with Gasteiger partial charge >= 0.3 is 0 Å². The van der Waals surface area contributed by atoms with E-state index in [4.69, 9.17) is 4.74 Å². The molecule has 0 fully saturated rings. The van der Waals surface area contributed by atoms with E-state index >= 15 is 0 Å². The molecule has 0 aliphatic heterocycles. The van der Waals surface area contributed by atoms with Crippen LogP contribution in [0.3, 0.4) is 0 Å². The Morgan fingerprint density at radius 1 is 1.27 bits per heavy atom. The summed E-state index contributed by atoms with van der Waals surface area (Å²) in [6.07, 6.45) is 1.29. The van der Waals surface area contributed by atoms with Crippen LogP contribution in [-0.4, -0.2) is 48.0 Å². The molecule has 7 nitrogen and oxygen atoms in total. The smallest absolute Gasteiger partial charge is 0.263 e. The molecule has 0 saturated heterocycles. The highest BCUT2D eigenvalue weighted by atomic mass is 16.5. The van der Waals surface area contributed by atoms with E-state index in [1.165, 1.54) is 6.20 Å². The van der Waals surface area contributed by atoms with Gasteiger partial charge in [-0.3, -0.25) is 9.59 Å². The van der Waals surface area contributed by atoms with Gasteiger partial charge in [-0.2, -0.15) is 0 Å².